The molecule has 3 aromatic rings. The first-order valence-corrected chi connectivity index (χ1v) is 10.0. The number of phosphoric acid groups is 1. The van der Waals surface area contributed by atoms with Gasteiger partial charge in [0.25, 0.3) is 5.56 Å². The van der Waals surface area contributed by atoms with E-state index in [1.54, 1.807) is 4.57 Å². The van der Waals surface area contributed by atoms with Crippen LogP contribution < -0.4 is 11.3 Å². The molecular formula is C16H20N5O7P. The van der Waals surface area contributed by atoms with E-state index in [0.29, 0.717) is 5.65 Å². The van der Waals surface area contributed by atoms with Crippen LogP contribution in [0, 0.1) is 0 Å². The summed E-state index contributed by atoms with van der Waals surface area (Å²) in [5.74, 6) is -0.0377. The van der Waals surface area contributed by atoms with Crippen molar-refractivity contribution >= 4 is 24.9 Å². The van der Waals surface area contributed by atoms with E-state index in [2.05, 4.69) is 19.5 Å². The lowest BCUT2D eigenvalue weighted by molar-refractivity contribution is -0.168. The highest BCUT2D eigenvalue weighted by Crippen LogP contribution is 2.36. The Balaban J connectivity index is 1.61. The summed E-state index contributed by atoms with van der Waals surface area (Å²) in [7, 11) is -4.68. The Morgan fingerprint density at radius 1 is 1.24 bits per heavy atom. The summed E-state index contributed by atoms with van der Waals surface area (Å²) in [6.07, 6.45) is 0.390. The predicted molar refractivity (Wildman–Crippen MR) is 102 cm³/mol. The number of anilines is 1. The van der Waals surface area contributed by atoms with Crippen LogP contribution in [-0.4, -0.2) is 48.8 Å². The zero-order valence-electron chi connectivity index (χ0n) is 15.2. The lowest BCUT2D eigenvalue weighted by Gasteiger charge is -2.19. The fourth-order valence-electron chi connectivity index (χ4n) is 2.48. The predicted octanol–water partition coefficient (Wildman–Crippen LogP) is 0.371. The first-order chi connectivity index (χ1) is 13.8. The highest BCUT2D eigenvalue weighted by Gasteiger charge is 2.19. The van der Waals surface area contributed by atoms with Crippen LogP contribution in [0.1, 0.15) is 5.56 Å². The molecule has 0 aliphatic rings. The topological polar surface area (TPSA) is 175 Å². The van der Waals surface area contributed by atoms with Crippen LogP contribution in [-0.2, 0) is 31.7 Å². The molecule has 2 aromatic heterocycles. The van der Waals surface area contributed by atoms with Crippen LogP contribution in [0.15, 0.2) is 41.5 Å². The van der Waals surface area contributed by atoms with Crippen molar-refractivity contribution in [3.8, 4) is 0 Å². The fourth-order valence-corrected chi connectivity index (χ4v) is 2.80. The average molecular weight is 425 g/mol. The van der Waals surface area contributed by atoms with Crippen molar-refractivity contribution in [1.82, 2.24) is 19.5 Å². The van der Waals surface area contributed by atoms with Crippen molar-refractivity contribution in [2.45, 2.75) is 19.4 Å². The van der Waals surface area contributed by atoms with Crippen LogP contribution in [0.2, 0.25) is 0 Å². The molecule has 0 radical (unpaired) electrons. The van der Waals surface area contributed by atoms with Gasteiger partial charge < -0.3 is 29.6 Å². The lowest BCUT2D eigenvalue weighted by Crippen LogP contribution is -2.25. The molecule has 0 aliphatic heterocycles. The number of aromatic nitrogens is 4. The zero-order valence-corrected chi connectivity index (χ0v) is 16.1. The van der Waals surface area contributed by atoms with Gasteiger partial charge >= 0.3 is 7.82 Å². The lowest BCUT2D eigenvalue weighted by atomic mass is 10.2. The standard InChI is InChI=1S/C16H20N5O7P/c17-16-19-14-13(15(22)20-16)18-10-21(14)6-7-26-12(9-28-29(23,24)25)27-8-11-4-2-1-3-5-11/h1-5,10,12H,6-9H2,(H2,23,24,25)(H3,17,19,20,22). The van der Waals surface area contributed by atoms with Crippen LogP contribution in [0.3, 0.4) is 0 Å². The van der Waals surface area contributed by atoms with Crippen molar-refractivity contribution in [3.05, 3.63) is 52.6 Å². The Morgan fingerprint density at radius 2 is 2.00 bits per heavy atom. The Hall–Kier alpha value is -2.60. The van der Waals surface area contributed by atoms with Gasteiger partial charge in [0, 0.05) is 6.54 Å². The van der Waals surface area contributed by atoms with E-state index in [4.69, 9.17) is 25.0 Å². The maximum atomic E-state index is 11.8. The molecule has 0 bridgehead atoms. The second-order valence-electron chi connectivity index (χ2n) is 5.94. The molecule has 2 heterocycles. The number of rotatable bonds is 10. The Labute approximate surface area is 164 Å². The maximum absolute atomic E-state index is 11.8. The third-order valence-electron chi connectivity index (χ3n) is 3.79. The summed E-state index contributed by atoms with van der Waals surface area (Å²) in [5, 5.41) is 0. The number of nitrogens with one attached hydrogen (secondary N) is 1. The number of nitrogen functional groups attached to an aromatic ring is 1. The van der Waals surface area contributed by atoms with Gasteiger partial charge in [-0.15, -0.1) is 0 Å². The maximum Gasteiger partial charge on any atom is 0.469 e. The van der Waals surface area contributed by atoms with E-state index < -0.39 is 26.3 Å². The molecule has 0 fully saturated rings. The van der Waals surface area contributed by atoms with Crippen LogP contribution in [0.5, 0.6) is 0 Å². The Bertz CT molecular complexity index is 1050. The number of phosphoric ester groups is 1. The molecule has 0 amide bonds. The monoisotopic (exact) mass is 425 g/mol. The van der Waals surface area contributed by atoms with Gasteiger partial charge in [-0.2, -0.15) is 4.98 Å². The molecular weight excluding hydrogens is 405 g/mol. The first-order valence-electron chi connectivity index (χ1n) is 8.49. The van der Waals surface area contributed by atoms with Gasteiger partial charge in [-0.05, 0) is 5.56 Å². The SMILES string of the molecule is Nc1nc2c(ncn2CCOC(COP(=O)(O)O)OCc2ccccc2)c(=O)[nH]1. The molecule has 0 saturated carbocycles. The van der Waals surface area contributed by atoms with Gasteiger partial charge in [0.2, 0.25) is 5.95 Å². The van der Waals surface area contributed by atoms with E-state index in [9.17, 15) is 9.36 Å². The van der Waals surface area contributed by atoms with Gasteiger partial charge in [-0.25, -0.2) is 9.55 Å². The third-order valence-corrected chi connectivity index (χ3v) is 4.27. The van der Waals surface area contributed by atoms with E-state index >= 15 is 0 Å². The number of benzene rings is 1. The summed E-state index contributed by atoms with van der Waals surface area (Å²) in [5.41, 5.74) is 6.40. The molecule has 29 heavy (non-hydrogen) atoms. The van der Waals surface area contributed by atoms with E-state index in [0.717, 1.165) is 5.56 Å². The van der Waals surface area contributed by atoms with Crippen LogP contribution >= 0.6 is 7.82 Å². The average Bonchev–Trinajstić information content (AvgIpc) is 3.07. The summed E-state index contributed by atoms with van der Waals surface area (Å²) in [4.78, 5) is 40.0. The van der Waals surface area contributed by atoms with E-state index in [1.165, 1.54) is 6.33 Å². The largest absolute Gasteiger partial charge is 0.469 e. The molecule has 3 rings (SSSR count). The molecule has 0 aliphatic carbocycles. The number of hydrogen-bond donors (Lipinski definition) is 4. The minimum absolute atomic E-state index is 0.0377. The summed E-state index contributed by atoms with van der Waals surface area (Å²) >= 11 is 0. The fraction of sp³-hybridized carbons (Fsp3) is 0.312. The number of nitrogens with zero attached hydrogens (tertiary/aromatic N) is 3. The second kappa shape index (κ2) is 9.27. The molecule has 0 spiro atoms. The van der Waals surface area contributed by atoms with Crippen molar-refractivity contribution < 1.29 is 28.3 Å². The Kier molecular flexibility index (Phi) is 6.75. The van der Waals surface area contributed by atoms with E-state index in [1.807, 2.05) is 30.3 Å². The molecule has 0 saturated heterocycles. The van der Waals surface area contributed by atoms with Crippen molar-refractivity contribution in [1.29, 1.82) is 0 Å². The normalized spacial score (nSPS) is 13.0. The minimum atomic E-state index is -4.68. The van der Waals surface area contributed by atoms with Crippen molar-refractivity contribution in [3.63, 3.8) is 0 Å². The quantitative estimate of drug-likeness (QED) is 0.262. The first kappa shape index (κ1) is 21.1. The number of aromatic amines is 1. The molecule has 1 aromatic carbocycles. The summed E-state index contributed by atoms with van der Waals surface area (Å²) < 4.78 is 28.2. The molecule has 1 atom stereocenters. The number of ether oxygens (including phenoxy) is 2. The number of hydrogen-bond acceptors (Lipinski definition) is 8. The van der Waals surface area contributed by atoms with Gasteiger partial charge in [-0.1, -0.05) is 30.3 Å². The summed E-state index contributed by atoms with van der Waals surface area (Å²) in [6, 6.07) is 9.21. The molecule has 1 unspecified atom stereocenters. The smallest absolute Gasteiger partial charge is 0.369 e. The van der Waals surface area contributed by atoms with Gasteiger partial charge in [-0.3, -0.25) is 14.3 Å². The van der Waals surface area contributed by atoms with Crippen LogP contribution in [0.4, 0.5) is 5.95 Å². The highest BCUT2D eigenvalue weighted by molar-refractivity contribution is 7.46. The minimum Gasteiger partial charge on any atom is -0.369 e. The van der Waals surface area contributed by atoms with Gasteiger partial charge in [0.15, 0.2) is 17.5 Å². The van der Waals surface area contributed by atoms with Crippen LogP contribution in [0.25, 0.3) is 11.2 Å². The van der Waals surface area contributed by atoms with Gasteiger partial charge in [0.05, 0.1) is 19.5 Å². The van der Waals surface area contributed by atoms with Gasteiger partial charge in [0.1, 0.15) is 6.61 Å². The summed E-state index contributed by atoms with van der Waals surface area (Å²) in [6.45, 7) is 0.0153. The number of fused-ring (bicyclic) bond motifs is 1. The number of H-pyrrole nitrogens is 1. The third kappa shape index (κ3) is 6.19. The number of imidazole rings is 1. The number of nitrogens with two attached hydrogens (primary N) is 1. The molecule has 13 heteroatoms. The van der Waals surface area contributed by atoms with Crippen molar-refractivity contribution in [2.24, 2.45) is 0 Å². The zero-order chi connectivity index (χ0) is 20.9. The molecule has 5 N–H and O–H groups in total. The van der Waals surface area contributed by atoms with E-state index in [-0.39, 0.29) is 31.2 Å². The van der Waals surface area contributed by atoms with Crippen molar-refractivity contribution in [2.75, 3.05) is 18.9 Å². The molecule has 156 valence electrons. The second-order valence-corrected chi connectivity index (χ2v) is 7.18. The molecule has 12 nitrogen and oxygen atoms in total. The Morgan fingerprint density at radius 3 is 2.72 bits per heavy atom. The highest BCUT2D eigenvalue weighted by atomic mass is 31.2.